The number of nitrogens with one attached hydrogen (secondary N) is 1. The van der Waals surface area contributed by atoms with Crippen molar-refractivity contribution in [2.24, 2.45) is 0 Å². The first kappa shape index (κ1) is 18.3. The maximum atomic E-state index is 14.7. The number of halogens is 1. The maximum absolute atomic E-state index is 14.7. The first-order valence-corrected chi connectivity index (χ1v) is 9.22. The molecule has 144 valence electrons. The van der Waals surface area contributed by atoms with Gasteiger partial charge in [-0.2, -0.15) is 0 Å². The molecule has 0 spiro atoms. The van der Waals surface area contributed by atoms with Gasteiger partial charge in [0.2, 0.25) is 0 Å². The van der Waals surface area contributed by atoms with Gasteiger partial charge in [0.15, 0.2) is 0 Å². The number of amides is 1. The van der Waals surface area contributed by atoms with E-state index in [0.29, 0.717) is 35.5 Å². The number of anilines is 2. The average Bonchev–Trinajstić information content (AvgIpc) is 2.67. The van der Waals surface area contributed by atoms with Crippen LogP contribution in [0.1, 0.15) is 24.3 Å². The van der Waals surface area contributed by atoms with E-state index in [9.17, 15) is 9.18 Å². The number of para-hydroxylation sites is 2. The van der Waals surface area contributed by atoms with Gasteiger partial charge in [-0.15, -0.1) is 0 Å². The van der Waals surface area contributed by atoms with Crippen LogP contribution in [0.2, 0.25) is 0 Å². The van der Waals surface area contributed by atoms with E-state index in [1.54, 1.807) is 18.2 Å². The van der Waals surface area contributed by atoms with Gasteiger partial charge >= 0.3 is 0 Å². The molecule has 3 aromatic rings. The fraction of sp³-hybridized carbons (Fsp3) is 0.286. The molecule has 2 unspecified atom stereocenters. The molecule has 2 atom stereocenters. The Labute approximate surface area is 162 Å². The number of nitrogens with zero attached hydrogens (tertiary/aromatic N) is 3. The zero-order chi connectivity index (χ0) is 19.7. The van der Waals surface area contributed by atoms with Crippen LogP contribution in [-0.2, 0) is 4.74 Å². The molecule has 1 N–H and O–H groups in total. The molecule has 0 radical (unpaired) electrons. The Bertz CT molecular complexity index is 1020. The molecule has 2 heterocycles. The van der Waals surface area contributed by atoms with Crippen molar-refractivity contribution >= 4 is 28.3 Å². The van der Waals surface area contributed by atoms with Crippen LogP contribution in [0, 0.1) is 5.82 Å². The van der Waals surface area contributed by atoms with Gasteiger partial charge < -0.3 is 15.0 Å². The summed E-state index contributed by atoms with van der Waals surface area (Å²) in [6.07, 6.45) is 1.49. The van der Waals surface area contributed by atoms with Gasteiger partial charge in [-0.1, -0.05) is 12.1 Å². The quantitative estimate of drug-likeness (QED) is 0.752. The Kier molecular flexibility index (Phi) is 4.92. The highest BCUT2D eigenvalue weighted by molar-refractivity contribution is 6.03. The number of rotatable bonds is 3. The highest BCUT2D eigenvalue weighted by atomic mass is 19.1. The molecule has 1 saturated heterocycles. The molecule has 4 rings (SSSR count). The van der Waals surface area contributed by atoms with Crippen LogP contribution in [0.25, 0.3) is 11.0 Å². The molecule has 6 nitrogen and oxygen atoms in total. The number of carbonyl (C=O) groups excluding carboxylic acids is 1. The summed E-state index contributed by atoms with van der Waals surface area (Å²) in [5.74, 6) is -0.817. The molecule has 1 aliphatic heterocycles. The van der Waals surface area contributed by atoms with Crippen molar-refractivity contribution < 1.29 is 13.9 Å². The van der Waals surface area contributed by atoms with E-state index >= 15 is 0 Å². The monoisotopic (exact) mass is 380 g/mol. The van der Waals surface area contributed by atoms with E-state index in [1.807, 2.05) is 36.9 Å². The molecule has 1 amide bonds. The lowest BCUT2D eigenvalue weighted by atomic mass is 10.2. The molecule has 1 fully saturated rings. The van der Waals surface area contributed by atoms with Gasteiger partial charge in [0.1, 0.15) is 11.5 Å². The van der Waals surface area contributed by atoms with Crippen LogP contribution in [-0.4, -0.2) is 41.2 Å². The van der Waals surface area contributed by atoms with Crippen molar-refractivity contribution in [1.82, 2.24) is 9.97 Å². The molecule has 7 heteroatoms. The third-order valence-electron chi connectivity index (χ3n) is 4.65. The van der Waals surface area contributed by atoms with Crippen molar-refractivity contribution in [2.75, 3.05) is 23.3 Å². The van der Waals surface area contributed by atoms with Crippen LogP contribution in [0.5, 0.6) is 0 Å². The van der Waals surface area contributed by atoms with E-state index in [2.05, 4.69) is 15.3 Å². The molecular weight excluding hydrogens is 359 g/mol. The number of aromatic nitrogens is 2. The van der Waals surface area contributed by atoms with E-state index < -0.39 is 5.91 Å². The van der Waals surface area contributed by atoms with Crippen molar-refractivity contribution in [3.63, 3.8) is 0 Å². The fourth-order valence-corrected chi connectivity index (χ4v) is 3.48. The normalized spacial score (nSPS) is 19.6. The summed E-state index contributed by atoms with van der Waals surface area (Å²) in [6.45, 7) is 5.19. The molecular formula is C21H21FN4O2. The summed E-state index contributed by atoms with van der Waals surface area (Å²) < 4.78 is 20.4. The van der Waals surface area contributed by atoms with E-state index in [4.69, 9.17) is 4.74 Å². The van der Waals surface area contributed by atoms with Gasteiger partial charge in [0.05, 0.1) is 35.1 Å². The third-order valence-corrected chi connectivity index (χ3v) is 4.65. The number of benzene rings is 2. The minimum absolute atomic E-state index is 0.0361. The Morgan fingerprint density at radius 2 is 1.86 bits per heavy atom. The summed E-state index contributed by atoms with van der Waals surface area (Å²) in [6, 6.07) is 12.0. The minimum Gasteiger partial charge on any atom is -0.372 e. The lowest BCUT2D eigenvalue weighted by Gasteiger charge is -2.37. The average molecular weight is 380 g/mol. The Balaban J connectivity index is 1.51. The van der Waals surface area contributed by atoms with Gasteiger partial charge in [-0.05, 0) is 44.2 Å². The number of ether oxygens (including phenoxy) is 1. The van der Waals surface area contributed by atoms with Crippen molar-refractivity contribution in [2.45, 2.75) is 26.1 Å². The first-order chi connectivity index (χ1) is 13.5. The summed E-state index contributed by atoms with van der Waals surface area (Å²) in [5, 5.41) is 2.69. The Morgan fingerprint density at radius 3 is 2.57 bits per heavy atom. The largest absolute Gasteiger partial charge is 0.372 e. The second-order valence-electron chi connectivity index (χ2n) is 7.03. The molecule has 0 bridgehead atoms. The van der Waals surface area contributed by atoms with Crippen molar-refractivity contribution in [3.05, 3.63) is 60.2 Å². The maximum Gasteiger partial charge on any atom is 0.275 e. The molecule has 0 aliphatic carbocycles. The van der Waals surface area contributed by atoms with Crippen LogP contribution < -0.4 is 10.2 Å². The van der Waals surface area contributed by atoms with E-state index in [1.165, 1.54) is 12.3 Å². The SMILES string of the molecule is CC1CN(c2ccc(NC(=O)c3cnc4ccccc4n3)cc2F)CC(C)O1. The predicted octanol–water partition coefficient (Wildman–Crippen LogP) is 3.63. The fourth-order valence-electron chi connectivity index (χ4n) is 3.48. The number of hydrogen-bond acceptors (Lipinski definition) is 5. The zero-order valence-corrected chi connectivity index (χ0v) is 15.7. The molecule has 1 aromatic heterocycles. The standard InChI is InChI=1S/C21H21FN4O2/c1-13-11-26(12-14(2)28-13)20-8-7-15(9-16(20)22)24-21(27)19-10-23-17-5-3-4-6-18(17)25-19/h3-10,13-14H,11-12H2,1-2H3,(H,24,27). The second kappa shape index (κ2) is 7.52. The lowest BCUT2D eigenvalue weighted by Crippen LogP contribution is -2.45. The van der Waals surface area contributed by atoms with Gasteiger partial charge in [0, 0.05) is 18.8 Å². The molecule has 1 aliphatic rings. The summed E-state index contributed by atoms with van der Waals surface area (Å²) in [7, 11) is 0. The minimum atomic E-state index is -0.431. The van der Waals surface area contributed by atoms with Crippen LogP contribution in [0.4, 0.5) is 15.8 Å². The smallest absolute Gasteiger partial charge is 0.275 e. The number of fused-ring (bicyclic) bond motifs is 1. The predicted molar refractivity (Wildman–Crippen MR) is 106 cm³/mol. The molecule has 28 heavy (non-hydrogen) atoms. The summed E-state index contributed by atoms with van der Waals surface area (Å²) >= 11 is 0. The number of hydrogen-bond donors (Lipinski definition) is 1. The van der Waals surface area contributed by atoms with Gasteiger partial charge in [-0.3, -0.25) is 9.78 Å². The second-order valence-corrected chi connectivity index (χ2v) is 7.03. The highest BCUT2D eigenvalue weighted by Crippen LogP contribution is 2.26. The molecule has 0 saturated carbocycles. The van der Waals surface area contributed by atoms with Crippen molar-refractivity contribution in [3.8, 4) is 0 Å². The van der Waals surface area contributed by atoms with Crippen molar-refractivity contribution in [1.29, 1.82) is 0 Å². The third kappa shape index (κ3) is 3.80. The topological polar surface area (TPSA) is 67.4 Å². The van der Waals surface area contributed by atoms with Crippen LogP contribution in [0.15, 0.2) is 48.7 Å². The van der Waals surface area contributed by atoms with Crippen LogP contribution in [0.3, 0.4) is 0 Å². The van der Waals surface area contributed by atoms with E-state index in [0.717, 1.165) is 0 Å². The summed E-state index contributed by atoms with van der Waals surface area (Å²) in [4.78, 5) is 23.0. The Hall–Kier alpha value is -3.06. The Morgan fingerprint density at radius 1 is 1.14 bits per heavy atom. The zero-order valence-electron chi connectivity index (χ0n) is 15.7. The van der Waals surface area contributed by atoms with E-state index in [-0.39, 0.29) is 23.7 Å². The van der Waals surface area contributed by atoms with Gasteiger partial charge in [-0.25, -0.2) is 9.37 Å². The van der Waals surface area contributed by atoms with Crippen LogP contribution >= 0.6 is 0 Å². The van der Waals surface area contributed by atoms with Gasteiger partial charge in [0.25, 0.3) is 5.91 Å². The molecule has 2 aromatic carbocycles. The summed E-state index contributed by atoms with van der Waals surface area (Å²) in [5.41, 5.74) is 2.40. The lowest BCUT2D eigenvalue weighted by molar-refractivity contribution is -0.00539. The number of morpholine rings is 1. The number of carbonyl (C=O) groups is 1. The highest BCUT2D eigenvalue weighted by Gasteiger charge is 2.24. The first-order valence-electron chi connectivity index (χ1n) is 9.22.